The molecule has 1 atom stereocenters. The molecular formula is C12H18FN3O. The first kappa shape index (κ1) is 13.3. The number of hydrogen-bond acceptors (Lipinski definition) is 3. The summed E-state index contributed by atoms with van der Waals surface area (Å²) in [6.07, 6.45) is 0. The maximum absolute atomic E-state index is 13.6. The molecule has 1 unspecified atom stereocenters. The summed E-state index contributed by atoms with van der Waals surface area (Å²) < 4.78 is 13.6. The number of halogens is 1. The van der Waals surface area contributed by atoms with E-state index < -0.39 is 0 Å². The number of anilines is 1. The standard InChI is InChI=1S/C12H18FN3O/c1-3-16(8-9(2)12(14)15-17)11-7-5-4-6-10(11)13/h4-7,9,17H,3,8H2,1-2H3,(H2,14,15). The fraction of sp³-hybridized carbons (Fsp3) is 0.417. The topological polar surface area (TPSA) is 61.8 Å². The quantitative estimate of drug-likeness (QED) is 0.358. The molecule has 0 aromatic heterocycles. The molecule has 0 aliphatic heterocycles. The van der Waals surface area contributed by atoms with E-state index in [0.29, 0.717) is 18.8 Å². The van der Waals surface area contributed by atoms with Crippen LogP contribution >= 0.6 is 0 Å². The van der Waals surface area contributed by atoms with Gasteiger partial charge in [0.1, 0.15) is 11.7 Å². The molecule has 0 saturated heterocycles. The van der Waals surface area contributed by atoms with E-state index in [1.807, 2.05) is 18.7 Å². The number of para-hydroxylation sites is 1. The van der Waals surface area contributed by atoms with E-state index in [0.717, 1.165) is 0 Å². The molecule has 17 heavy (non-hydrogen) atoms. The Morgan fingerprint density at radius 2 is 2.18 bits per heavy atom. The number of rotatable bonds is 5. The summed E-state index contributed by atoms with van der Waals surface area (Å²) in [5, 5.41) is 11.6. The lowest BCUT2D eigenvalue weighted by Gasteiger charge is -2.26. The zero-order valence-corrected chi connectivity index (χ0v) is 10.1. The fourth-order valence-electron chi connectivity index (χ4n) is 1.63. The summed E-state index contributed by atoms with van der Waals surface area (Å²) in [4.78, 5) is 1.86. The molecule has 4 nitrogen and oxygen atoms in total. The summed E-state index contributed by atoms with van der Waals surface area (Å²) >= 11 is 0. The van der Waals surface area contributed by atoms with E-state index >= 15 is 0 Å². The maximum atomic E-state index is 13.6. The van der Waals surface area contributed by atoms with Gasteiger partial charge in [-0.05, 0) is 19.1 Å². The van der Waals surface area contributed by atoms with Crippen LogP contribution in [0.4, 0.5) is 10.1 Å². The Balaban J connectivity index is 2.83. The first-order valence-corrected chi connectivity index (χ1v) is 5.57. The van der Waals surface area contributed by atoms with Crippen molar-refractivity contribution in [3.63, 3.8) is 0 Å². The lowest BCUT2D eigenvalue weighted by atomic mass is 10.1. The number of nitrogens with zero attached hydrogens (tertiary/aromatic N) is 2. The molecule has 0 heterocycles. The van der Waals surface area contributed by atoms with Crippen LogP contribution in [-0.4, -0.2) is 24.1 Å². The second-order valence-electron chi connectivity index (χ2n) is 3.92. The monoisotopic (exact) mass is 239 g/mol. The van der Waals surface area contributed by atoms with Crippen LogP contribution in [0, 0.1) is 11.7 Å². The molecule has 3 N–H and O–H groups in total. The van der Waals surface area contributed by atoms with Crippen molar-refractivity contribution < 1.29 is 9.60 Å². The number of benzene rings is 1. The lowest BCUT2D eigenvalue weighted by molar-refractivity contribution is 0.314. The Kier molecular flexibility index (Phi) is 4.75. The highest BCUT2D eigenvalue weighted by molar-refractivity contribution is 5.82. The maximum Gasteiger partial charge on any atom is 0.146 e. The Morgan fingerprint density at radius 3 is 2.71 bits per heavy atom. The van der Waals surface area contributed by atoms with E-state index in [9.17, 15) is 4.39 Å². The first-order valence-electron chi connectivity index (χ1n) is 5.57. The zero-order chi connectivity index (χ0) is 12.8. The lowest BCUT2D eigenvalue weighted by Crippen LogP contribution is -2.35. The van der Waals surface area contributed by atoms with Gasteiger partial charge in [-0.2, -0.15) is 0 Å². The summed E-state index contributed by atoms with van der Waals surface area (Å²) in [6.45, 7) is 4.93. The smallest absolute Gasteiger partial charge is 0.146 e. The summed E-state index contributed by atoms with van der Waals surface area (Å²) in [5.74, 6) is -0.250. The van der Waals surface area contributed by atoms with Crippen LogP contribution in [0.25, 0.3) is 0 Å². The molecule has 1 aromatic rings. The van der Waals surface area contributed by atoms with Crippen LogP contribution in [0.1, 0.15) is 13.8 Å². The van der Waals surface area contributed by atoms with E-state index in [-0.39, 0.29) is 17.6 Å². The second kappa shape index (κ2) is 6.08. The Labute approximate surface area is 101 Å². The minimum absolute atomic E-state index is 0.139. The molecule has 1 rings (SSSR count). The van der Waals surface area contributed by atoms with E-state index in [1.54, 1.807) is 18.2 Å². The van der Waals surface area contributed by atoms with Gasteiger partial charge in [0.25, 0.3) is 0 Å². The van der Waals surface area contributed by atoms with Gasteiger partial charge in [-0.25, -0.2) is 4.39 Å². The minimum Gasteiger partial charge on any atom is -0.409 e. The van der Waals surface area contributed by atoms with Gasteiger partial charge in [-0.3, -0.25) is 0 Å². The van der Waals surface area contributed by atoms with Crippen molar-refractivity contribution in [1.82, 2.24) is 0 Å². The number of amidine groups is 1. The highest BCUT2D eigenvalue weighted by Crippen LogP contribution is 2.19. The van der Waals surface area contributed by atoms with Gasteiger partial charge in [0.05, 0.1) is 5.69 Å². The highest BCUT2D eigenvalue weighted by Gasteiger charge is 2.15. The second-order valence-corrected chi connectivity index (χ2v) is 3.92. The fourth-order valence-corrected chi connectivity index (χ4v) is 1.63. The number of oxime groups is 1. The Morgan fingerprint density at radius 1 is 1.53 bits per heavy atom. The summed E-state index contributed by atoms with van der Waals surface area (Å²) in [6, 6.07) is 6.58. The predicted octanol–water partition coefficient (Wildman–Crippen LogP) is 2.03. The van der Waals surface area contributed by atoms with Crippen molar-refractivity contribution >= 4 is 11.5 Å². The van der Waals surface area contributed by atoms with Crippen LogP contribution in [0.3, 0.4) is 0 Å². The summed E-state index contributed by atoms with van der Waals surface area (Å²) in [7, 11) is 0. The van der Waals surface area contributed by atoms with Crippen LogP contribution in [0.5, 0.6) is 0 Å². The van der Waals surface area contributed by atoms with Crippen molar-refractivity contribution in [2.24, 2.45) is 16.8 Å². The zero-order valence-electron chi connectivity index (χ0n) is 10.1. The van der Waals surface area contributed by atoms with Crippen molar-refractivity contribution in [1.29, 1.82) is 0 Å². The largest absolute Gasteiger partial charge is 0.409 e. The Hall–Kier alpha value is -1.78. The van der Waals surface area contributed by atoms with Crippen molar-refractivity contribution in [3.05, 3.63) is 30.1 Å². The normalized spacial score (nSPS) is 13.5. The van der Waals surface area contributed by atoms with Gasteiger partial charge in [0.15, 0.2) is 0 Å². The minimum atomic E-state index is -0.263. The Bertz CT molecular complexity index is 395. The molecule has 1 aromatic carbocycles. The molecule has 94 valence electrons. The molecule has 0 radical (unpaired) electrons. The van der Waals surface area contributed by atoms with Crippen molar-refractivity contribution in [2.45, 2.75) is 13.8 Å². The van der Waals surface area contributed by atoms with E-state index in [1.165, 1.54) is 6.07 Å². The number of hydrogen-bond donors (Lipinski definition) is 2. The van der Waals surface area contributed by atoms with Gasteiger partial charge in [0, 0.05) is 19.0 Å². The molecule has 0 aliphatic carbocycles. The molecule has 0 fully saturated rings. The molecule has 0 saturated carbocycles. The third kappa shape index (κ3) is 3.34. The molecule has 0 amide bonds. The van der Waals surface area contributed by atoms with Gasteiger partial charge >= 0.3 is 0 Å². The molecule has 0 spiro atoms. The average Bonchev–Trinajstić information content (AvgIpc) is 2.35. The van der Waals surface area contributed by atoms with E-state index in [4.69, 9.17) is 10.9 Å². The molecule has 0 aliphatic rings. The molecule has 0 bridgehead atoms. The third-order valence-electron chi connectivity index (χ3n) is 2.69. The summed E-state index contributed by atoms with van der Waals surface area (Å²) in [5.41, 5.74) is 6.05. The van der Waals surface area contributed by atoms with Crippen molar-refractivity contribution in [3.8, 4) is 0 Å². The average molecular weight is 239 g/mol. The van der Waals surface area contributed by atoms with Gasteiger partial charge < -0.3 is 15.8 Å². The van der Waals surface area contributed by atoms with Gasteiger partial charge in [-0.15, -0.1) is 0 Å². The molecule has 5 heteroatoms. The van der Waals surface area contributed by atoms with Gasteiger partial charge in [-0.1, -0.05) is 24.2 Å². The van der Waals surface area contributed by atoms with Gasteiger partial charge in [0.2, 0.25) is 0 Å². The van der Waals surface area contributed by atoms with Crippen LogP contribution < -0.4 is 10.6 Å². The first-order chi connectivity index (χ1) is 8.10. The SMILES string of the molecule is CCN(CC(C)C(N)=NO)c1ccccc1F. The van der Waals surface area contributed by atoms with Crippen LogP contribution in [-0.2, 0) is 0 Å². The third-order valence-corrected chi connectivity index (χ3v) is 2.69. The van der Waals surface area contributed by atoms with Crippen LogP contribution in [0.2, 0.25) is 0 Å². The van der Waals surface area contributed by atoms with Crippen molar-refractivity contribution in [2.75, 3.05) is 18.0 Å². The van der Waals surface area contributed by atoms with E-state index in [2.05, 4.69) is 5.16 Å². The van der Waals surface area contributed by atoms with Crippen LogP contribution in [0.15, 0.2) is 29.4 Å². The molecular weight excluding hydrogens is 221 g/mol. The highest BCUT2D eigenvalue weighted by atomic mass is 19.1. The predicted molar refractivity (Wildman–Crippen MR) is 66.9 cm³/mol. The number of nitrogens with two attached hydrogens (primary N) is 1.